The Morgan fingerprint density at radius 2 is 2.21 bits per heavy atom. The Morgan fingerprint density at radius 1 is 1.29 bits per heavy atom. The lowest BCUT2D eigenvalue weighted by molar-refractivity contribution is 0.0481. The largest absolute Gasteiger partial charge is 0.337 e. The fourth-order valence-electron chi connectivity index (χ4n) is 4.16. The van der Waals surface area contributed by atoms with Crippen LogP contribution in [0.15, 0.2) is 41.7 Å². The second kappa shape index (κ2) is 6.28. The smallest absolute Gasteiger partial charge is 0.274 e. The first-order chi connectivity index (χ1) is 11.7. The topological polar surface area (TPSA) is 37.6 Å². The van der Waals surface area contributed by atoms with Gasteiger partial charge in [-0.05, 0) is 55.9 Å². The summed E-state index contributed by atoms with van der Waals surface area (Å²) < 4.78 is 2.01. The highest BCUT2D eigenvalue weighted by atomic mass is 32.2. The van der Waals surface area contributed by atoms with Gasteiger partial charge in [-0.1, -0.05) is 30.0 Å². The number of allylic oxidation sites excluding steroid dienone is 2. The molecule has 2 aromatic rings. The van der Waals surface area contributed by atoms with Crippen molar-refractivity contribution in [1.82, 2.24) is 14.3 Å². The van der Waals surface area contributed by atoms with Crippen molar-refractivity contribution in [3.63, 3.8) is 0 Å². The molecule has 2 aromatic heterocycles. The number of carbonyl (C=O) groups is 1. The third-order valence-electron chi connectivity index (χ3n) is 5.41. The Kier molecular flexibility index (Phi) is 4.12. The van der Waals surface area contributed by atoms with Crippen LogP contribution >= 0.6 is 11.8 Å². The number of carbonyl (C=O) groups excluding carboxylic acids is 1. The van der Waals surface area contributed by atoms with E-state index in [0.29, 0.717) is 11.1 Å². The lowest BCUT2D eigenvalue weighted by atomic mass is 9.71. The molecule has 0 aromatic carbocycles. The van der Waals surface area contributed by atoms with Gasteiger partial charge in [0, 0.05) is 19.3 Å². The van der Waals surface area contributed by atoms with E-state index in [1.807, 2.05) is 40.0 Å². The van der Waals surface area contributed by atoms with Gasteiger partial charge in [0.1, 0.15) is 0 Å². The van der Waals surface area contributed by atoms with Gasteiger partial charge in [-0.3, -0.25) is 9.20 Å². The molecule has 0 unspecified atom stereocenters. The summed E-state index contributed by atoms with van der Waals surface area (Å²) in [6, 6.07) is 5.94. The molecule has 0 N–H and O–H groups in total. The summed E-state index contributed by atoms with van der Waals surface area (Å²) in [6.07, 6.45) is 14.3. The Bertz CT molecular complexity index is 797. The Labute approximate surface area is 146 Å². The third-order valence-corrected chi connectivity index (χ3v) is 6.06. The number of amides is 1. The van der Waals surface area contributed by atoms with Gasteiger partial charge in [0.25, 0.3) is 5.91 Å². The van der Waals surface area contributed by atoms with Gasteiger partial charge in [-0.15, -0.1) is 0 Å². The minimum absolute atomic E-state index is 0.0904. The summed E-state index contributed by atoms with van der Waals surface area (Å²) in [7, 11) is 0. The summed E-state index contributed by atoms with van der Waals surface area (Å²) in [5, 5.41) is 0.876. The molecular weight excluding hydrogens is 318 g/mol. The summed E-state index contributed by atoms with van der Waals surface area (Å²) in [5.41, 5.74) is 1.80. The number of aromatic nitrogens is 2. The van der Waals surface area contributed by atoms with Gasteiger partial charge >= 0.3 is 0 Å². The van der Waals surface area contributed by atoms with E-state index in [-0.39, 0.29) is 5.91 Å². The maximum Gasteiger partial charge on any atom is 0.274 e. The fraction of sp³-hybridized carbons (Fsp3) is 0.474. The van der Waals surface area contributed by atoms with E-state index >= 15 is 0 Å². The van der Waals surface area contributed by atoms with E-state index in [2.05, 4.69) is 17.1 Å². The quantitative estimate of drug-likeness (QED) is 0.612. The number of imidazole rings is 1. The van der Waals surface area contributed by atoms with E-state index in [1.165, 1.54) is 12.8 Å². The van der Waals surface area contributed by atoms with E-state index in [9.17, 15) is 4.79 Å². The molecule has 1 amide bonds. The fourth-order valence-corrected chi connectivity index (χ4v) is 4.69. The van der Waals surface area contributed by atoms with Gasteiger partial charge in [-0.2, -0.15) is 0 Å². The monoisotopic (exact) mass is 341 g/mol. The molecule has 1 atom stereocenters. The molecule has 4 nitrogen and oxygen atoms in total. The molecular formula is C19H23N3OS. The molecule has 0 saturated carbocycles. The highest BCUT2D eigenvalue weighted by Gasteiger charge is 2.37. The first kappa shape index (κ1) is 15.8. The zero-order chi connectivity index (χ0) is 16.6. The van der Waals surface area contributed by atoms with Crippen molar-refractivity contribution < 1.29 is 4.79 Å². The molecule has 0 radical (unpaired) electrons. The van der Waals surface area contributed by atoms with Crippen molar-refractivity contribution in [3.05, 3.63) is 42.2 Å². The highest BCUT2D eigenvalue weighted by molar-refractivity contribution is 7.98. The van der Waals surface area contributed by atoms with E-state index in [4.69, 9.17) is 0 Å². The van der Waals surface area contributed by atoms with Crippen LogP contribution in [-0.4, -0.2) is 39.5 Å². The van der Waals surface area contributed by atoms with Crippen LogP contribution in [0.3, 0.4) is 0 Å². The predicted octanol–water partition coefficient (Wildman–Crippen LogP) is 4.02. The van der Waals surface area contributed by atoms with Crippen LogP contribution in [0.1, 0.15) is 42.6 Å². The number of pyridine rings is 1. The van der Waals surface area contributed by atoms with Crippen LogP contribution in [0.25, 0.3) is 5.52 Å². The van der Waals surface area contributed by atoms with Crippen LogP contribution in [0.4, 0.5) is 0 Å². The molecule has 126 valence electrons. The molecule has 1 aliphatic carbocycles. The number of nitrogens with zero attached hydrogens (tertiary/aromatic N) is 3. The maximum absolute atomic E-state index is 13.2. The van der Waals surface area contributed by atoms with E-state index in [0.717, 1.165) is 43.0 Å². The number of hydrogen-bond donors (Lipinski definition) is 0. The summed E-state index contributed by atoms with van der Waals surface area (Å²) >= 11 is 1.58. The Morgan fingerprint density at radius 3 is 3.00 bits per heavy atom. The van der Waals surface area contributed by atoms with Crippen LogP contribution in [0.2, 0.25) is 0 Å². The molecule has 24 heavy (non-hydrogen) atoms. The zero-order valence-electron chi connectivity index (χ0n) is 14.1. The van der Waals surface area contributed by atoms with Gasteiger partial charge in [0.15, 0.2) is 10.9 Å². The van der Waals surface area contributed by atoms with Crippen LogP contribution < -0.4 is 0 Å². The molecule has 1 fully saturated rings. The molecule has 1 aliphatic heterocycles. The minimum Gasteiger partial charge on any atom is -0.337 e. The van der Waals surface area contributed by atoms with Crippen LogP contribution in [0, 0.1) is 5.41 Å². The maximum atomic E-state index is 13.2. The molecule has 3 heterocycles. The van der Waals surface area contributed by atoms with Crippen molar-refractivity contribution in [2.75, 3.05) is 19.3 Å². The lowest BCUT2D eigenvalue weighted by Crippen LogP contribution is -2.46. The van der Waals surface area contributed by atoms with Crippen LogP contribution in [0.5, 0.6) is 0 Å². The SMILES string of the molecule is CSc1nc(C(=O)N2CCC[C@@]3(CC=CCC3)C2)c2ccccn12. The highest BCUT2D eigenvalue weighted by Crippen LogP contribution is 2.41. The van der Waals surface area contributed by atoms with Crippen molar-refractivity contribution >= 4 is 23.2 Å². The number of likely N-dealkylation sites (tertiary alicyclic amines) is 1. The number of piperidine rings is 1. The van der Waals surface area contributed by atoms with Gasteiger partial charge in [0.05, 0.1) is 5.52 Å². The first-order valence-electron chi connectivity index (χ1n) is 8.68. The molecule has 0 bridgehead atoms. The predicted molar refractivity (Wildman–Crippen MR) is 97.5 cm³/mol. The Balaban J connectivity index is 1.65. The molecule has 1 saturated heterocycles. The van der Waals surface area contributed by atoms with Crippen molar-refractivity contribution in [2.24, 2.45) is 5.41 Å². The van der Waals surface area contributed by atoms with Crippen LogP contribution in [-0.2, 0) is 0 Å². The lowest BCUT2D eigenvalue weighted by Gasteiger charge is -2.43. The van der Waals surface area contributed by atoms with Gasteiger partial charge in [0.2, 0.25) is 0 Å². The number of hydrogen-bond acceptors (Lipinski definition) is 3. The van der Waals surface area contributed by atoms with Gasteiger partial charge in [-0.25, -0.2) is 4.98 Å². The van der Waals surface area contributed by atoms with Crippen molar-refractivity contribution in [3.8, 4) is 0 Å². The first-order valence-corrected chi connectivity index (χ1v) is 9.90. The number of rotatable bonds is 2. The van der Waals surface area contributed by atoms with E-state index in [1.54, 1.807) is 11.8 Å². The van der Waals surface area contributed by atoms with Crippen molar-refractivity contribution in [2.45, 2.75) is 37.3 Å². The molecule has 4 rings (SSSR count). The molecule has 2 aliphatic rings. The normalized spacial score (nSPS) is 24.0. The second-order valence-corrected chi connectivity index (χ2v) is 7.72. The molecule has 1 spiro atoms. The van der Waals surface area contributed by atoms with Gasteiger partial charge < -0.3 is 4.90 Å². The summed E-state index contributed by atoms with van der Waals surface area (Å²) in [6.45, 7) is 1.72. The zero-order valence-corrected chi connectivity index (χ0v) is 14.9. The average Bonchev–Trinajstić information content (AvgIpc) is 3.01. The summed E-state index contributed by atoms with van der Waals surface area (Å²) in [5.74, 6) is 0.0904. The number of fused-ring (bicyclic) bond motifs is 1. The Hall–Kier alpha value is -1.75. The number of thioether (sulfide) groups is 1. The average molecular weight is 341 g/mol. The van der Waals surface area contributed by atoms with Crippen molar-refractivity contribution in [1.29, 1.82) is 0 Å². The minimum atomic E-state index is 0.0904. The van der Waals surface area contributed by atoms with E-state index < -0.39 is 0 Å². The standard InChI is InChI=1S/C19H23N3OS/c1-24-18-20-16(15-8-3-6-13-22(15)18)17(23)21-12-7-11-19(14-21)9-4-2-5-10-19/h2-4,6,8,13H,5,7,9-12,14H2,1H3/t19-/m0/s1. The third kappa shape index (κ3) is 2.65. The summed E-state index contributed by atoms with van der Waals surface area (Å²) in [4.78, 5) is 19.9. The molecule has 5 heteroatoms. The second-order valence-electron chi connectivity index (χ2n) is 6.95.